The van der Waals surface area contributed by atoms with E-state index in [0.717, 1.165) is 20.0 Å². The molecule has 0 radical (unpaired) electrons. The first-order valence-corrected chi connectivity index (χ1v) is 13.9. The maximum atomic E-state index is 11.8. The third-order valence-electron chi connectivity index (χ3n) is 4.68. The van der Waals surface area contributed by atoms with Crippen LogP contribution in [-0.4, -0.2) is 23.5 Å². The Labute approximate surface area is 171 Å². The average molecular weight is 444 g/mol. The Morgan fingerprint density at radius 1 is 0.643 bits per heavy atom. The number of unbranched alkanes of at least 4 members (excludes halogenated alkanes) is 15. The van der Waals surface area contributed by atoms with Crippen LogP contribution in [0.5, 0.6) is 0 Å². The van der Waals surface area contributed by atoms with Gasteiger partial charge in [-0.3, -0.25) is 9.05 Å². The Hall–Kier alpha value is 0.260. The second kappa shape index (κ2) is 18.1. The summed E-state index contributed by atoms with van der Waals surface area (Å²) in [6, 6.07) is 0. The summed E-state index contributed by atoms with van der Waals surface area (Å²) < 4.78 is 36.0. The summed E-state index contributed by atoms with van der Waals surface area (Å²) in [4.78, 5) is 17.4. The molecule has 1 unspecified atom stereocenters. The highest BCUT2D eigenvalue weighted by Crippen LogP contribution is 2.60. The van der Waals surface area contributed by atoms with Gasteiger partial charge in [0.1, 0.15) is 0 Å². The Kier molecular flexibility index (Phi) is 18.2. The smallest absolute Gasteiger partial charge is 0.302 e. The monoisotopic (exact) mass is 444 g/mol. The van der Waals surface area contributed by atoms with E-state index in [4.69, 9.17) is 14.3 Å². The Morgan fingerprint density at radius 3 is 1.32 bits per heavy atom. The van der Waals surface area contributed by atoms with Gasteiger partial charge in [0.15, 0.2) is 0 Å². The van der Waals surface area contributed by atoms with Gasteiger partial charge in [0, 0.05) is 7.11 Å². The van der Waals surface area contributed by atoms with Gasteiger partial charge in [0.2, 0.25) is 0 Å². The zero-order valence-corrected chi connectivity index (χ0v) is 19.6. The summed E-state index contributed by atoms with van der Waals surface area (Å²) in [7, 11) is -8.05. The predicted molar refractivity (Wildman–Crippen MR) is 113 cm³/mol. The minimum absolute atomic E-state index is 0.0869. The second-order valence-electron chi connectivity index (χ2n) is 7.34. The maximum absolute atomic E-state index is 11.8. The van der Waals surface area contributed by atoms with Crippen LogP contribution in [0.15, 0.2) is 0 Å². The maximum Gasteiger partial charge on any atom is 0.483 e. The van der Waals surface area contributed by atoms with Crippen molar-refractivity contribution in [3.8, 4) is 0 Å². The molecule has 1 atom stereocenters. The van der Waals surface area contributed by atoms with E-state index in [0.29, 0.717) is 6.42 Å². The van der Waals surface area contributed by atoms with Gasteiger partial charge in [-0.2, -0.15) is 4.31 Å². The zero-order valence-electron chi connectivity index (χ0n) is 17.9. The molecule has 28 heavy (non-hydrogen) atoms. The van der Waals surface area contributed by atoms with Crippen LogP contribution in [0.3, 0.4) is 0 Å². The highest BCUT2D eigenvalue weighted by Gasteiger charge is 2.34. The first-order valence-electron chi connectivity index (χ1n) is 10.9. The van der Waals surface area contributed by atoms with Crippen LogP contribution in [0, 0.1) is 0 Å². The molecule has 2 N–H and O–H groups in total. The fourth-order valence-electron chi connectivity index (χ4n) is 3.07. The summed E-state index contributed by atoms with van der Waals surface area (Å²) in [5.41, 5.74) is 0. The molecule has 0 aliphatic rings. The Morgan fingerprint density at radius 2 is 1.00 bits per heavy atom. The first kappa shape index (κ1) is 28.3. The van der Waals surface area contributed by atoms with E-state index >= 15 is 0 Å². The van der Waals surface area contributed by atoms with E-state index in [1.165, 1.54) is 83.5 Å². The molecule has 0 bridgehead atoms. The molecule has 0 rings (SSSR count). The van der Waals surface area contributed by atoms with Crippen LogP contribution in [0.2, 0.25) is 0 Å². The minimum atomic E-state index is -4.91. The SMILES string of the molecule is CCCCCCCCCCCCCCCCCCOP(=O)(OC)OP(=O)(O)O. The molecular weight excluding hydrogens is 402 g/mol. The van der Waals surface area contributed by atoms with Gasteiger partial charge in [-0.25, -0.2) is 9.13 Å². The van der Waals surface area contributed by atoms with Crippen molar-refractivity contribution in [1.82, 2.24) is 0 Å². The molecule has 0 saturated carbocycles. The lowest BCUT2D eigenvalue weighted by Gasteiger charge is -2.15. The van der Waals surface area contributed by atoms with Crippen LogP contribution >= 0.6 is 15.6 Å². The van der Waals surface area contributed by atoms with Crippen molar-refractivity contribution < 1.29 is 32.3 Å². The molecule has 9 heteroatoms. The second-order valence-corrected chi connectivity index (χ2v) is 10.5. The molecular formula is C19H42O7P2. The fourth-order valence-corrected chi connectivity index (χ4v) is 5.02. The van der Waals surface area contributed by atoms with Crippen molar-refractivity contribution in [1.29, 1.82) is 0 Å². The van der Waals surface area contributed by atoms with Gasteiger partial charge in [-0.05, 0) is 6.42 Å². The molecule has 0 aromatic rings. The summed E-state index contributed by atoms with van der Waals surface area (Å²) in [5, 5.41) is 0. The van der Waals surface area contributed by atoms with Crippen molar-refractivity contribution in [3.63, 3.8) is 0 Å². The molecule has 0 aromatic heterocycles. The number of hydrogen-bond donors (Lipinski definition) is 2. The molecule has 0 aromatic carbocycles. The van der Waals surface area contributed by atoms with Crippen molar-refractivity contribution in [2.24, 2.45) is 0 Å². The summed E-state index contributed by atoms with van der Waals surface area (Å²) >= 11 is 0. The van der Waals surface area contributed by atoms with Crippen molar-refractivity contribution >= 4 is 15.6 Å². The lowest BCUT2D eigenvalue weighted by molar-refractivity contribution is 0.157. The Bertz CT molecular complexity index is 440. The first-order chi connectivity index (χ1) is 13.3. The lowest BCUT2D eigenvalue weighted by atomic mass is 10.0. The van der Waals surface area contributed by atoms with Crippen LogP contribution in [-0.2, 0) is 22.5 Å². The third-order valence-corrected chi connectivity index (χ3v) is 7.27. The van der Waals surface area contributed by atoms with Crippen LogP contribution < -0.4 is 0 Å². The van der Waals surface area contributed by atoms with Gasteiger partial charge in [-0.1, -0.05) is 103 Å². The summed E-state index contributed by atoms with van der Waals surface area (Å²) in [6.45, 7) is 2.34. The van der Waals surface area contributed by atoms with Gasteiger partial charge in [-0.15, -0.1) is 0 Å². The third kappa shape index (κ3) is 19.6. The van der Waals surface area contributed by atoms with Crippen molar-refractivity contribution in [3.05, 3.63) is 0 Å². The summed E-state index contributed by atoms with van der Waals surface area (Å²) in [5.74, 6) is 0. The van der Waals surface area contributed by atoms with Crippen molar-refractivity contribution in [2.75, 3.05) is 13.7 Å². The topological polar surface area (TPSA) is 102 Å². The standard InChI is InChI=1S/C19H42O7P2/c1-3-4-5-6-7-8-9-10-11-12-13-14-15-16-17-18-19-25-28(23,24-2)26-27(20,21)22/h3-19H2,1-2H3,(H2,20,21,22). The van der Waals surface area contributed by atoms with E-state index in [1.54, 1.807) is 0 Å². The molecule has 0 saturated heterocycles. The highest BCUT2D eigenvalue weighted by molar-refractivity contribution is 7.61. The largest absolute Gasteiger partial charge is 0.483 e. The van der Waals surface area contributed by atoms with E-state index in [2.05, 4.69) is 15.8 Å². The number of phosphoric acid groups is 2. The molecule has 0 spiro atoms. The zero-order chi connectivity index (χ0) is 21.1. The molecule has 0 aliphatic carbocycles. The average Bonchev–Trinajstić information content (AvgIpc) is 2.63. The van der Waals surface area contributed by atoms with Gasteiger partial charge < -0.3 is 9.79 Å². The normalized spacial score (nSPS) is 14.3. The fraction of sp³-hybridized carbons (Fsp3) is 1.00. The summed E-state index contributed by atoms with van der Waals surface area (Å²) in [6.07, 6.45) is 20.0. The van der Waals surface area contributed by atoms with E-state index in [-0.39, 0.29) is 6.61 Å². The van der Waals surface area contributed by atoms with Crippen LogP contribution in [0.4, 0.5) is 0 Å². The number of hydrogen-bond acceptors (Lipinski definition) is 5. The van der Waals surface area contributed by atoms with Crippen molar-refractivity contribution in [2.45, 2.75) is 110 Å². The molecule has 7 nitrogen and oxygen atoms in total. The number of phosphoric ester groups is 1. The highest BCUT2D eigenvalue weighted by atomic mass is 31.3. The van der Waals surface area contributed by atoms with Gasteiger partial charge >= 0.3 is 15.6 Å². The molecule has 170 valence electrons. The quantitative estimate of drug-likeness (QED) is 0.143. The van der Waals surface area contributed by atoms with E-state index < -0.39 is 15.6 Å². The van der Waals surface area contributed by atoms with E-state index in [9.17, 15) is 9.13 Å². The molecule has 0 fully saturated rings. The number of rotatable bonds is 21. The van der Waals surface area contributed by atoms with Gasteiger partial charge in [0.05, 0.1) is 6.61 Å². The predicted octanol–water partition coefficient (Wildman–Crippen LogP) is 7.13. The molecule has 0 heterocycles. The Balaban J connectivity index is 3.35. The minimum Gasteiger partial charge on any atom is -0.302 e. The molecule has 0 aliphatic heterocycles. The van der Waals surface area contributed by atoms with E-state index in [1.807, 2.05) is 0 Å². The van der Waals surface area contributed by atoms with Crippen LogP contribution in [0.1, 0.15) is 110 Å². The van der Waals surface area contributed by atoms with Crippen LogP contribution in [0.25, 0.3) is 0 Å². The van der Waals surface area contributed by atoms with Gasteiger partial charge in [0.25, 0.3) is 0 Å². The lowest BCUT2D eigenvalue weighted by Crippen LogP contribution is -1.98. The molecule has 0 amide bonds.